The zero-order valence-corrected chi connectivity index (χ0v) is 11.7. The van der Waals surface area contributed by atoms with E-state index in [9.17, 15) is 0 Å². The maximum Gasteiger partial charge on any atom is 0.0624 e. The molecule has 3 heteroatoms. The lowest BCUT2D eigenvalue weighted by Crippen LogP contribution is -2.08. The van der Waals surface area contributed by atoms with Gasteiger partial charge in [-0.2, -0.15) is 5.10 Å². The Morgan fingerprint density at radius 3 is 2.56 bits per heavy atom. The lowest BCUT2D eigenvalue weighted by Gasteiger charge is -2.14. The second-order valence-electron chi connectivity index (χ2n) is 4.57. The molecule has 0 N–H and O–H groups in total. The van der Waals surface area contributed by atoms with Gasteiger partial charge in [0.15, 0.2) is 0 Å². The van der Waals surface area contributed by atoms with Gasteiger partial charge in [0.25, 0.3) is 0 Å². The van der Waals surface area contributed by atoms with E-state index < -0.39 is 0 Å². The summed E-state index contributed by atoms with van der Waals surface area (Å²) in [6.07, 6.45) is 1.92. The Morgan fingerprint density at radius 1 is 1.28 bits per heavy atom. The highest BCUT2D eigenvalue weighted by Gasteiger charge is 2.14. The maximum absolute atomic E-state index is 6.12. The molecule has 0 amide bonds. The molecule has 1 aromatic carbocycles. The number of rotatable bonds is 5. The Kier molecular flexibility index (Phi) is 4.43. The summed E-state index contributed by atoms with van der Waals surface area (Å²) in [7, 11) is 2.00. The first-order valence-corrected chi connectivity index (χ1v) is 6.90. The standard InChI is InChI=1S/C15H19ClN2/c1-3-14-10-15(18(2)17-14)9-13(11-16)12-7-5-4-6-8-12/h4-8,10,13H,3,9,11H2,1-2H3. The second-order valence-corrected chi connectivity index (χ2v) is 4.88. The molecule has 2 rings (SSSR count). The minimum atomic E-state index is 0.355. The zero-order valence-electron chi connectivity index (χ0n) is 10.9. The molecule has 0 saturated heterocycles. The minimum Gasteiger partial charge on any atom is -0.272 e. The van der Waals surface area contributed by atoms with Crippen LogP contribution in [0.25, 0.3) is 0 Å². The van der Waals surface area contributed by atoms with Crippen LogP contribution in [0.4, 0.5) is 0 Å². The molecule has 2 nitrogen and oxygen atoms in total. The molecular weight excluding hydrogens is 244 g/mol. The Bertz CT molecular complexity index is 490. The summed E-state index contributed by atoms with van der Waals surface area (Å²) in [6, 6.07) is 12.6. The fraction of sp³-hybridized carbons (Fsp3) is 0.400. The van der Waals surface area contributed by atoms with Crippen molar-refractivity contribution in [2.75, 3.05) is 5.88 Å². The third-order valence-corrected chi connectivity index (χ3v) is 3.67. The van der Waals surface area contributed by atoms with Crippen molar-refractivity contribution < 1.29 is 0 Å². The van der Waals surface area contributed by atoms with Gasteiger partial charge in [-0.05, 0) is 24.5 Å². The topological polar surface area (TPSA) is 17.8 Å². The molecule has 0 fully saturated rings. The lowest BCUT2D eigenvalue weighted by atomic mass is 9.96. The van der Waals surface area contributed by atoms with E-state index in [4.69, 9.17) is 11.6 Å². The van der Waals surface area contributed by atoms with Crippen LogP contribution in [-0.4, -0.2) is 15.7 Å². The molecule has 0 aliphatic rings. The molecule has 0 bridgehead atoms. The largest absolute Gasteiger partial charge is 0.272 e. The number of aryl methyl sites for hydroxylation is 2. The number of nitrogens with zero attached hydrogens (tertiary/aromatic N) is 2. The van der Waals surface area contributed by atoms with Crippen molar-refractivity contribution in [3.8, 4) is 0 Å². The van der Waals surface area contributed by atoms with Crippen LogP contribution in [0.5, 0.6) is 0 Å². The van der Waals surface area contributed by atoms with Crippen LogP contribution in [0.3, 0.4) is 0 Å². The van der Waals surface area contributed by atoms with Gasteiger partial charge in [0.1, 0.15) is 0 Å². The van der Waals surface area contributed by atoms with Crippen LogP contribution < -0.4 is 0 Å². The Morgan fingerprint density at radius 2 is 2.00 bits per heavy atom. The van der Waals surface area contributed by atoms with Gasteiger partial charge in [0.05, 0.1) is 5.69 Å². The van der Waals surface area contributed by atoms with Gasteiger partial charge in [-0.15, -0.1) is 11.6 Å². The molecule has 2 aromatic rings. The Hall–Kier alpha value is -1.28. The Balaban J connectivity index is 2.18. The SMILES string of the molecule is CCc1cc(CC(CCl)c2ccccc2)n(C)n1. The van der Waals surface area contributed by atoms with Crippen LogP contribution in [-0.2, 0) is 19.9 Å². The Labute approximate surface area is 114 Å². The van der Waals surface area contributed by atoms with E-state index in [1.165, 1.54) is 11.3 Å². The zero-order chi connectivity index (χ0) is 13.0. The van der Waals surface area contributed by atoms with Gasteiger partial charge < -0.3 is 0 Å². The number of benzene rings is 1. The van der Waals surface area contributed by atoms with Crippen molar-refractivity contribution in [1.82, 2.24) is 9.78 Å². The van der Waals surface area contributed by atoms with Crippen molar-refractivity contribution in [2.45, 2.75) is 25.7 Å². The monoisotopic (exact) mass is 262 g/mol. The van der Waals surface area contributed by atoms with Gasteiger partial charge >= 0.3 is 0 Å². The van der Waals surface area contributed by atoms with Crippen molar-refractivity contribution in [1.29, 1.82) is 0 Å². The third-order valence-electron chi connectivity index (χ3n) is 3.30. The van der Waals surface area contributed by atoms with Crippen LogP contribution in [0.15, 0.2) is 36.4 Å². The lowest BCUT2D eigenvalue weighted by molar-refractivity contribution is 0.655. The van der Waals surface area contributed by atoms with E-state index >= 15 is 0 Å². The third kappa shape index (κ3) is 2.94. The fourth-order valence-electron chi connectivity index (χ4n) is 2.17. The summed E-state index contributed by atoms with van der Waals surface area (Å²) in [6.45, 7) is 2.13. The summed E-state index contributed by atoms with van der Waals surface area (Å²) in [5, 5.41) is 4.48. The van der Waals surface area contributed by atoms with Gasteiger partial charge in [-0.25, -0.2) is 0 Å². The average molecular weight is 263 g/mol. The summed E-state index contributed by atoms with van der Waals surface area (Å²) in [5.74, 6) is 0.990. The van der Waals surface area contributed by atoms with E-state index in [0.29, 0.717) is 11.8 Å². The normalized spacial score (nSPS) is 12.6. The van der Waals surface area contributed by atoms with E-state index in [0.717, 1.165) is 18.5 Å². The molecule has 1 atom stereocenters. The second kappa shape index (κ2) is 6.05. The number of hydrogen-bond acceptors (Lipinski definition) is 1. The molecule has 0 spiro atoms. The van der Waals surface area contributed by atoms with Gasteiger partial charge in [0.2, 0.25) is 0 Å². The van der Waals surface area contributed by atoms with Crippen molar-refractivity contribution in [3.05, 3.63) is 53.3 Å². The fourth-order valence-corrected chi connectivity index (χ4v) is 2.46. The predicted molar refractivity (Wildman–Crippen MR) is 76.2 cm³/mol. The number of halogens is 1. The van der Waals surface area contributed by atoms with E-state index in [1.54, 1.807) is 0 Å². The highest BCUT2D eigenvalue weighted by molar-refractivity contribution is 6.18. The first-order chi connectivity index (χ1) is 8.74. The molecular formula is C15H19ClN2. The quantitative estimate of drug-likeness (QED) is 0.754. The van der Waals surface area contributed by atoms with Crippen LogP contribution >= 0.6 is 11.6 Å². The average Bonchev–Trinajstić information content (AvgIpc) is 2.77. The minimum absolute atomic E-state index is 0.355. The van der Waals surface area contributed by atoms with Crippen LogP contribution in [0.2, 0.25) is 0 Å². The highest BCUT2D eigenvalue weighted by Crippen LogP contribution is 2.22. The summed E-state index contributed by atoms with van der Waals surface area (Å²) < 4.78 is 1.97. The number of hydrogen-bond donors (Lipinski definition) is 0. The number of alkyl halides is 1. The molecule has 1 heterocycles. The molecule has 1 aromatic heterocycles. The molecule has 0 radical (unpaired) electrons. The molecule has 1 unspecified atom stereocenters. The van der Waals surface area contributed by atoms with Gasteiger partial charge in [-0.1, -0.05) is 37.3 Å². The molecule has 96 valence electrons. The van der Waals surface area contributed by atoms with Crippen LogP contribution in [0.1, 0.15) is 29.8 Å². The first-order valence-electron chi connectivity index (χ1n) is 6.37. The van der Waals surface area contributed by atoms with Crippen molar-refractivity contribution in [3.63, 3.8) is 0 Å². The predicted octanol–water partition coefficient (Wildman–Crippen LogP) is 3.55. The van der Waals surface area contributed by atoms with Gasteiger partial charge in [-0.3, -0.25) is 4.68 Å². The molecule has 18 heavy (non-hydrogen) atoms. The van der Waals surface area contributed by atoms with Crippen molar-refractivity contribution >= 4 is 11.6 Å². The maximum atomic E-state index is 6.12. The molecule has 0 aliphatic carbocycles. The molecule has 0 saturated carbocycles. The summed E-state index contributed by atoms with van der Waals surface area (Å²) >= 11 is 6.12. The highest BCUT2D eigenvalue weighted by atomic mass is 35.5. The van der Waals surface area contributed by atoms with E-state index in [-0.39, 0.29) is 0 Å². The summed E-state index contributed by atoms with van der Waals surface area (Å²) in [4.78, 5) is 0. The van der Waals surface area contributed by atoms with E-state index in [2.05, 4.69) is 42.4 Å². The van der Waals surface area contributed by atoms with Crippen molar-refractivity contribution in [2.24, 2.45) is 7.05 Å². The van der Waals surface area contributed by atoms with Gasteiger partial charge in [0, 0.05) is 24.5 Å². The van der Waals surface area contributed by atoms with Crippen LogP contribution in [0, 0.1) is 0 Å². The first kappa shape index (κ1) is 13.2. The molecule has 0 aliphatic heterocycles. The smallest absolute Gasteiger partial charge is 0.0624 e. The summed E-state index contributed by atoms with van der Waals surface area (Å²) in [5.41, 5.74) is 3.70. The number of aromatic nitrogens is 2. The van der Waals surface area contributed by atoms with E-state index in [1.807, 2.05) is 17.8 Å².